The highest BCUT2D eigenvalue weighted by atomic mass is 79.9. The fraction of sp³-hybridized carbons (Fsp3) is 0.143. The van der Waals surface area contributed by atoms with Crippen molar-refractivity contribution in [1.29, 1.82) is 0 Å². The summed E-state index contributed by atoms with van der Waals surface area (Å²) in [5, 5.41) is 0. The largest absolute Gasteiger partial charge is 0.271 e. The van der Waals surface area contributed by atoms with Crippen LogP contribution in [-0.2, 0) is 6.42 Å². The van der Waals surface area contributed by atoms with Crippen LogP contribution in [0.15, 0.2) is 40.9 Å². The number of hydrogen-bond donors (Lipinski definition) is 2. The van der Waals surface area contributed by atoms with Gasteiger partial charge in [-0.25, -0.2) is 13.2 Å². The number of hydrazine groups is 1. The van der Waals surface area contributed by atoms with E-state index >= 15 is 0 Å². The normalized spacial score (nSPS) is 12.4. The molecule has 2 aromatic carbocycles. The van der Waals surface area contributed by atoms with Gasteiger partial charge in [0.15, 0.2) is 0 Å². The minimum atomic E-state index is -0.797. The van der Waals surface area contributed by atoms with E-state index in [4.69, 9.17) is 5.84 Å². The molecule has 1 unspecified atom stereocenters. The zero-order chi connectivity index (χ0) is 14.7. The van der Waals surface area contributed by atoms with Gasteiger partial charge in [0, 0.05) is 5.56 Å². The van der Waals surface area contributed by atoms with Gasteiger partial charge < -0.3 is 0 Å². The molecule has 0 aliphatic heterocycles. The number of hydrogen-bond acceptors (Lipinski definition) is 2. The maximum Gasteiger partial charge on any atom is 0.137 e. The smallest absolute Gasteiger partial charge is 0.137 e. The van der Waals surface area contributed by atoms with Crippen LogP contribution in [0.2, 0.25) is 0 Å². The summed E-state index contributed by atoms with van der Waals surface area (Å²) < 4.78 is 41.2. The maximum absolute atomic E-state index is 13.7. The van der Waals surface area contributed by atoms with Crippen LogP contribution in [0, 0.1) is 17.5 Å². The van der Waals surface area contributed by atoms with Crippen molar-refractivity contribution in [3.63, 3.8) is 0 Å². The van der Waals surface area contributed by atoms with Gasteiger partial charge in [-0.3, -0.25) is 11.3 Å². The molecule has 0 aliphatic carbocycles. The molecule has 0 bridgehead atoms. The molecule has 0 spiro atoms. The third-order valence-electron chi connectivity index (χ3n) is 3.00. The Hall–Kier alpha value is -1.37. The molecule has 2 aromatic rings. The second-order valence-corrected chi connectivity index (χ2v) is 5.06. The van der Waals surface area contributed by atoms with Crippen molar-refractivity contribution in [3.05, 3.63) is 69.4 Å². The topological polar surface area (TPSA) is 38.0 Å². The van der Waals surface area contributed by atoms with Crippen LogP contribution in [-0.4, -0.2) is 0 Å². The third kappa shape index (κ3) is 3.03. The molecule has 1 atom stereocenters. The van der Waals surface area contributed by atoms with E-state index < -0.39 is 23.5 Å². The SMILES string of the molecule is NNC(Cc1cccc(F)c1Br)c1c(F)cccc1F. The molecule has 0 saturated carbocycles. The van der Waals surface area contributed by atoms with E-state index in [0.29, 0.717) is 5.56 Å². The lowest BCUT2D eigenvalue weighted by molar-refractivity contribution is 0.471. The van der Waals surface area contributed by atoms with Crippen molar-refractivity contribution in [2.75, 3.05) is 0 Å². The molecule has 106 valence electrons. The van der Waals surface area contributed by atoms with Gasteiger partial charge in [-0.1, -0.05) is 18.2 Å². The number of nitrogens with two attached hydrogens (primary N) is 1. The molecule has 0 saturated heterocycles. The Bertz CT molecular complexity index is 599. The molecule has 0 radical (unpaired) electrons. The molecule has 0 amide bonds. The first-order chi connectivity index (χ1) is 9.54. The van der Waals surface area contributed by atoms with Gasteiger partial charge in [0.25, 0.3) is 0 Å². The van der Waals surface area contributed by atoms with E-state index in [1.807, 2.05) is 0 Å². The fourth-order valence-electron chi connectivity index (χ4n) is 2.01. The van der Waals surface area contributed by atoms with E-state index in [0.717, 1.165) is 12.1 Å². The molecular weight excluding hydrogens is 333 g/mol. The van der Waals surface area contributed by atoms with E-state index in [-0.39, 0.29) is 16.5 Å². The summed E-state index contributed by atoms with van der Waals surface area (Å²) in [6.07, 6.45) is 0.146. The minimum absolute atomic E-state index is 0.146. The number of nitrogens with one attached hydrogen (secondary N) is 1. The summed E-state index contributed by atoms with van der Waals surface area (Å²) in [7, 11) is 0. The summed E-state index contributed by atoms with van der Waals surface area (Å²) in [4.78, 5) is 0. The average Bonchev–Trinajstić information content (AvgIpc) is 2.42. The lowest BCUT2D eigenvalue weighted by atomic mass is 9.98. The van der Waals surface area contributed by atoms with E-state index in [1.54, 1.807) is 6.07 Å². The van der Waals surface area contributed by atoms with Gasteiger partial charge in [0.05, 0.1) is 10.5 Å². The Balaban J connectivity index is 2.37. The van der Waals surface area contributed by atoms with Crippen molar-refractivity contribution >= 4 is 15.9 Å². The molecule has 3 N–H and O–H groups in total. The summed E-state index contributed by atoms with van der Waals surface area (Å²) in [6, 6.07) is 7.28. The minimum Gasteiger partial charge on any atom is -0.271 e. The zero-order valence-electron chi connectivity index (χ0n) is 10.3. The molecule has 0 aromatic heterocycles. The summed E-state index contributed by atoms with van der Waals surface area (Å²) >= 11 is 3.12. The molecule has 6 heteroatoms. The standard InChI is InChI=1S/C14H12BrF3N2/c15-14-8(3-1-6-11(14)18)7-12(20-19)13-9(16)4-2-5-10(13)17/h1-6,12,20H,7,19H2. The second-order valence-electron chi connectivity index (χ2n) is 4.27. The Kier molecular flexibility index (Phi) is 4.80. The lowest BCUT2D eigenvalue weighted by Gasteiger charge is -2.18. The van der Waals surface area contributed by atoms with Gasteiger partial charge in [-0.2, -0.15) is 0 Å². The summed E-state index contributed by atoms with van der Waals surface area (Å²) in [5.41, 5.74) is 2.78. The Labute approximate surface area is 122 Å². The highest BCUT2D eigenvalue weighted by Gasteiger charge is 2.20. The molecule has 20 heavy (non-hydrogen) atoms. The van der Waals surface area contributed by atoms with Crippen LogP contribution in [0.25, 0.3) is 0 Å². The van der Waals surface area contributed by atoms with Crippen LogP contribution in [0.1, 0.15) is 17.2 Å². The van der Waals surface area contributed by atoms with Crippen LogP contribution in [0.5, 0.6) is 0 Å². The van der Waals surface area contributed by atoms with Gasteiger partial charge >= 0.3 is 0 Å². The Morgan fingerprint density at radius 1 is 1.00 bits per heavy atom. The van der Waals surface area contributed by atoms with Crippen LogP contribution in [0.3, 0.4) is 0 Å². The summed E-state index contributed by atoms with van der Waals surface area (Å²) in [5.74, 6) is 3.56. The van der Waals surface area contributed by atoms with Gasteiger partial charge in [0.1, 0.15) is 17.5 Å². The molecule has 0 heterocycles. The quantitative estimate of drug-likeness (QED) is 0.656. The fourth-order valence-corrected chi connectivity index (χ4v) is 2.44. The molecule has 0 fully saturated rings. The van der Waals surface area contributed by atoms with Crippen molar-refractivity contribution in [3.8, 4) is 0 Å². The van der Waals surface area contributed by atoms with Crippen LogP contribution in [0.4, 0.5) is 13.2 Å². The van der Waals surface area contributed by atoms with Crippen molar-refractivity contribution < 1.29 is 13.2 Å². The van der Waals surface area contributed by atoms with E-state index in [9.17, 15) is 13.2 Å². The Morgan fingerprint density at radius 3 is 2.15 bits per heavy atom. The Morgan fingerprint density at radius 2 is 1.55 bits per heavy atom. The molecule has 2 rings (SSSR count). The first-order valence-electron chi connectivity index (χ1n) is 5.87. The second kappa shape index (κ2) is 6.39. The highest BCUT2D eigenvalue weighted by Crippen LogP contribution is 2.28. The first kappa shape index (κ1) is 15.0. The molecular formula is C14H12BrF3N2. The predicted molar refractivity (Wildman–Crippen MR) is 74.2 cm³/mol. The van der Waals surface area contributed by atoms with Crippen LogP contribution < -0.4 is 11.3 Å². The monoisotopic (exact) mass is 344 g/mol. The lowest BCUT2D eigenvalue weighted by Crippen LogP contribution is -2.31. The van der Waals surface area contributed by atoms with Crippen molar-refractivity contribution in [1.82, 2.24) is 5.43 Å². The number of rotatable bonds is 4. The number of benzene rings is 2. The van der Waals surface area contributed by atoms with Gasteiger partial charge in [-0.15, -0.1) is 0 Å². The maximum atomic E-state index is 13.7. The highest BCUT2D eigenvalue weighted by molar-refractivity contribution is 9.10. The van der Waals surface area contributed by atoms with Gasteiger partial charge in [-0.05, 0) is 46.1 Å². The van der Waals surface area contributed by atoms with E-state index in [1.165, 1.54) is 18.2 Å². The molecule has 0 aliphatic rings. The van der Waals surface area contributed by atoms with Crippen molar-refractivity contribution in [2.45, 2.75) is 12.5 Å². The summed E-state index contributed by atoms with van der Waals surface area (Å²) in [6.45, 7) is 0. The van der Waals surface area contributed by atoms with Crippen LogP contribution >= 0.6 is 15.9 Å². The van der Waals surface area contributed by atoms with E-state index in [2.05, 4.69) is 21.4 Å². The first-order valence-corrected chi connectivity index (χ1v) is 6.66. The average molecular weight is 345 g/mol. The van der Waals surface area contributed by atoms with Crippen molar-refractivity contribution in [2.24, 2.45) is 5.84 Å². The zero-order valence-corrected chi connectivity index (χ0v) is 11.9. The molecule has 2 nitrogen and oxygen atoms in total. The predicted octanol–water partition coefficient (Wildman–Crippen LogP) is 3.61. The third-order valence-corrected chi connectivity index (χ3v) is 3.89. The van der Waals surface area contributed by atoms with Gasteiger partial charge in [0.2, 0.25) is 0 Å². The number of halogens is 4.